The molecule has 0 saturated heterocycles. The molecule has 2 atom stereocenters. The van der Waals surface area contributed by atoms with Crippen molar-refractivity contribution < 1.29 is 9.84 Å². The Kier molecular flexibility index (Phi) is 5.48. The third-order valence-electron chi connectivity index (χ3n) is 3.59. The van der Waals surface area contributed by atoms with Gasteiger partial charge in [0.2, 0.25) is 0 Å². The molecule has 3 nitrogen and oxygen atoms in total. The van der Waals surface area contributed by atoms with Crippen molar-refractivity contribution in [2.75, 3.05) is 13.7 Å². The summed E-state index contributed by atoms with van der Waals surface area (Å²) in [4.78, 5) is 0. The summed E-state index contributed by atoms with van der Waals surface area (Å²) in [6.45, 7) is 9.84. The minimum Gasteiger partial charge on any atom is -0.504 e. The maximum atomic E-state index is 9.56. The lowest BCUT2D eigenvalue weighted by Gasteiger charge is -2.21. The van der Waals surface area contributed by atoms with E-state index in [1.54, 1.807) is 13.2 Å². The third kappa shape index (κ3) is 3.91. The molecule has 0 heterocycles. The minimum atomic E-state index is 0.184. The lowest BCUT2D eigenvalue weighted by molar-refractivity contribution is 0.367. The van der Waals surface area contributed by atoms with Crippen molar-refractivity contribution in [3.63, 3.8) is 0 Å². The average Bonchev–Trinajstić information content (AvgIpc) is 2.35. The van der Waals surface area contributed by atoms with Gasteiger partial charge in [-0.1, -0.05) is 26.8 Å². The van der Waals surface area contributed by atoms with Gasteiger partial charge in [-0.3, -0.25) is 0 Å². The Labute approximate surface area is 110 Å². The molecule has 1 aromatic carbocycles. The van der Waals surface area contributed by atoms with Gasteiger partial charge in [0.1, 0.15) is 0 Å². The van der Waals surface area contributed by atoms with Gasteiger partial charge in [0, 0.05) is 6.04 Å². The highest BCUT2D eigenvalue weighted by atomic mass is 16.5. The van der Waals surface area contributed by atoms with Crippen LogP contribution in [-0.2, 0) is 0 Å². The first kappa shape index (κ1) is 14.8. The quantitative estimate of drug-likeness (QED) is 0.814. The fourth-order valence-corrected chi connectivity index (χ4v) is 1.68. The van der Waals surface area contributed by atoms with Crippen LogP contribution >= 0.6 is 0 Å². The molecule has 18 heavy (non-hydrogen) atoms. The molecule has 2 unspecified atom stereocenters. The van der Waals surface area contributed by atoms with Gasteiger partial charge < -0.3 is 15.2 Å². The fraction of sp³-hybridized carbons (Fsp3) is 0.600. The highest BCUT2D eigenvalue weighted by molar-refractivity contribution is 5.42. The molecule has 0 radical (unpaired) electrons. The van der Waals surface area contributed by atoms with E-state index in [2.05, 4.69) is 33.0 Å². The Morgan fingerprint density at radius 2 is 1.89 bits per heavy atom. The van der Waals surface area contributed by atoms with Crippen LogP contribution in [0.5, 0.6) is 11.5 Å². The van der Waals surface area contributed by atoms with E-state index < -0.39 is 0 Å². The van der Waals surface area contributed by atoms with Crippen LogP contribution in [0.1, 0.15) is 39.3 Å². The van der Waals surface area contributed by atoms with Crippen LogP contribution < -0.4 is 10.1 Å². The number of rotatable bonds is 6. The van der Waals surface area contributed by atoms with E-state index in [4.69, 9.17) is 4.74 Å². The first-order chi connectivity index (χ1) is 8.45. The highest BCUT2D eigenvalue weighted by Gasteiger charge is 2.12. The van der Waals surface area contributed by atoms with Crippen LogP contribution in [0, 0.1) is 11.8 Å². The number of nitrogens with one attached hydrogen (secondary N) is 1. The van der Waals surface area contributed by atoms with E-state index in [1.807, 2.05) is 12.1 Å². The number of phenols is 1. The van der Waals surface area contributed by atoms with Crippen LogP contribution in [0.3, 0.4) is 0 Å². The van der Waals surface area contributed by atoms with Crippen molar-refractivity contribution in [2.45, 2.75) is 33.7 Å². The van der Waals surface area contributed by atoms with Gasteiger partial charge >= 0.3 is 0 Å². The van der Waals surface area contributed by atoms with Gasteiger partial charge in [-0.15, -0.1) is 0 Å². The smallest absolute Gasteiger partial charge is 0.160 e. The first-order valence-corrected chi connectivity index (χ1v) is 6.56. The van der Waals surface area contributed by atoms with Crippen LogP contribution in [0.15, 0.2) is 18.2 Å². The van der Waals surface area contributed by atoms with Crippen molar-refractivity contribution in [1.29, 1.82) is 0 Å². The topological polar surface area (TPSA) is 41.5 Å². The first-order valence-electron chi connectivity index (χ1n) is 6.56. The summed E-state index contributed by atoms with van der Waals surface area (Å²) in [5, 5.41) is 13.1. The molecule has 0 aliphatic heterocycles. The van der Waals surface area contributed by atoms with Gasteiger partial charge in [0.25, 0.3) is 0 Å². The predicted molar refractivity (Wildman–Crippen MR) is 75.1 cm³/mol. The molecule has 1 aromatic rings. The summed E-state index contributed by atoms with van der Waals surface area (Å²) in [5.41, 5.74) is 1.13. The minimum absolute atomic E-state index is 0.184. The number of hydrogen-bond acceptors (Lipinski definition) is 3. The van der Waals surface area contributed by atoms with Gasteiger partial charge in [-0.2, -0.15) is 0 Å². The number of hydrogen-bond donors (Lipinski definition) is 2. The van der Waals surface area contributed by atoms with E-state index in [-0.39, 0.29) is 11.8 Å². The third-order valence-corrected chi connectivity index (χ3v) is 3.59. The van der Waals surface area contributed by atoms with Crippen molar-refractivity contribution in [2.24, 2.45) is 11.8 Å². The summed E-state index contributed by atoms with van der Waals surface area (Å²) >= 11 is 0. The molecule has 0 spiro atoms. The number of aromatic hydroxyl groups is 1. The second-order valence-corrected chi connectivity index (χ2v) is 5.28. The number of phenolic OH excluding ortho intramolecular Hbond substituents is 1. The van der Waals surface area contributed by atoms with E-state index in [0.29, 0.717) is 17.6 Å². The lowest BCUT2D eigenvalue weighted by Crippen LogP contribution is -2.26. The Morgan fingerprint density at radius 1 is 1.22 bits per heavy atom. The van der Waals surface area contributed by atoms with Crippen molar-refractivity contribution in [3.05, 3.63) is 23.8 Å². The molecule has 3 heteroatoms. The Morgan fingerprint density at radius 3 is 2.44 bits per heavy atom. The van der Waals surface area contributed by atoms with Crippen LogP contribution in [0.2, 0.25) is 0 Å². The lowest BCUT2D eigenvalue weighted by atomic mass is 9.97. The predicted octanol–water partition coefficient (Wildman–Crippen LogP) is 3.34. The molecule has 0 aromatic heterocycles. The standard InChI is InChI=1S/C15H25NO2/c1-10(2)11(3)9-16-12(4)13-6-7-14(17)15(8-13)18-5/h6-8,10-12,16-17H,9H2,1-5H3. The summed E-state index contributed by atoms with van der Waals surface area (Å²) in [6.07, 6.45) is 0. The van der Waals surface area contributed by atoms with Crippen LogP contribution in [-0.4, -0.2) is 18.8 Å². The Hall–Kier alpha value is -1.22. The van der Waals surface area contributed by atoms with Crippen LogP contribution in [0.4, 0.5) is 0 Å². The molecule has 0 amide bonds. The van der Waals surface area contributed by atoms with Gasteiger partial charge in [0.15, 0.2) is 11.5 Å². The molecule has 0 aliphatic rings. The van der Waals surface area contributed by atoms with Crippen molar-refractivity contribution >= 4 is 0 Å². The molecule has 102 valence electrons. The molecule has 1 rings (SSSR count). The molecular weight excluding hydrogens is 226 g/mol. The highest BCUT2D eigenvalue weighted by Crippen LogP contribution is 2.28. The second kappa shape index (κ2) is 6.64. The molecule has 0 fully saturated rings. The van der Waals surface area contributed by atoms with E-state index >= 15 is 0 Å². The van der Waals surface area contributed by atoms with Gasteiger partial charge in [-0.05, 0) is 43.0 Å². The molecule has 2 N–H and O–H groups in total. The van der Waals surface area contributed by atoms with E-state index in [1.165, 1.54) is 0 Å². The molecule has 0 aliphatic carbocycles. The molecule has 0 saturated carbocycles. The molecular formula is C15H25NO2. The van der Waals surface area contributed by atoms with E-state index in [9.17, 15) is 5.11 Å². The van der Waals surface area contributed by atoms with Crippen LogP contribution in [0.25, 0.3) is 0 Å². The average molecular weight is 251 g/mol. The number of benzene rings is 1. The Bertz CT molecular complexity index is 377. The second-order valence-electron chi connectivity index (χ2n) is 5.28. The number of ether oxygens (including phenoxy) is 1. The van der Waals surface area contributed by atoms with Gasteiger partial charge in [0.05, 0.1) is 7.11 Å². The maximum Gasteiger partial charge on any atom is 0.160 e. The SMILES string of the molecule is COc1cc(C(C)NCC(C)C(C)C)ccc1O. The van der Waals surface area contributed by atoms with E-state index in [0.717, 1.165) is 12.1 Å². The fourth-order valence-electron chi connectivity index (χ4n) is 1.68. The summed E-state index contributed by atoms with van der Waals surface area (Å²) in [7, 11) is 1.57. The summed E-state index contributed by atoms with van der Waals surface area (Å²) in [5.74, 6) is 2.03. The zero-order valence-corrected chi connectivity index (χ0v) is 12.0. The largest absolute Gasteiger partial charge is 0.504 e. The zero-order valence-electron chi connectivity index (χ0n) is 12.0. The maximum absolute atomic E-state index is 9.56. The van der Waals surface area contributed by atoms with Crippen molar-refractivity contribution in [1.82, 2.24) is 5.32 Å². The summed E-state index contributed by atoms with van der Waals surface area (Å²) in [6, 6.07) is 5.74. The Balaban J connectivity index is 2.64. The normalized spacial score (nSPS) is 14.6. The van der Waals surface area contributed by atoms with Gasteiger partial charge in [-0.25, -0.2) is 0 Å². The van der Waals surface area contributed by atoms with Crippen molar-refractivity contribution in [3.8, 4) is 11.5 Å². The molecule has 0 bridgehead atoms. The monoisotopic (exact) mass is 251 g/mol. The number of methoxy groups -OCH3 is 1. The zero-order chi connectivity index (χ0) is 13.7. The summed E-state index contributed by atoms with van der Waals surface area (Å²) < 4.78 is 5.12.